The third kappa shape index (κ3) is 3.59. The highest BCUT2D eigenvalue weighted by Gasteiger charge is 2.23. The van der Waals surface area contributed by atoms with Gasteiger partial charge in [-0.3, -0.25) is 0 Å². The highest BCUT2D eigenvalue weighted by molar-refractivity contribution is 7.93. The Balaban J connectivity index is 1.99. The maximum Gasteiger partial charge on any atom is 0.219 e. The van der Waals surface area contributed by atoms with Gasteiger partial charge in [-0.1, -0.05) is 23.7 Å². The van der Waals surface area contributed by atoms with Crippen LogP contribution >= 0.6 is 22.9 Å². The van der Waals surface area contributed by atoms with E-state index in [1.807, 2.05) is 0 Å². The molecule has 0 spiro atoms. The first-order chi connectivity index (χ1) is 12.1. The number of nitrogen functional groups attached to an aromatic ring is 1. The zero-order chi connectivity index (χ0) is 19.1. The zero-order valence-corrected chi connectivity index (χ0v) is 16.4. The Hall–Kier alpha value is -2.00. The molecule has 0 amide bonds. The van der Waals surface area contributed by atoms with Crippen LogP contribution in [0.25, 0.3) is 10.6 Å². The molecule has 0 fully saturated rings. The smallest absolute Gasteiger partial charge is 0.219 e. The van der Waals surface area contributed by atoms with Gasteiger partial charge in [0.25, 0.3) is 0 Å². The number of nitrogens with two attached hydrogens (primary N) is 1. The molecule has 0 aliphatic rings. The minimum absolute atomic E-state index is 0.0466. The SMILES string of the molecule is CC(C)(O)c1ccc(-c2ncc(S(=O)(=O)c3ccc(N)nc3)s2)c(Cl)c1. The third-order valence-corrected chi connectivity index (χ3v) is 7.27. The van der Waals surface area contributed by atoms with Crippen LogP contribution < -0.4 is 5.73 Å². The van der Waals surface area contributed by atoms with Crippen LogP contribution in [0, 0.1) is 0 Å². The molecule has 2 aromatic heterocycles. The lowest BCUT2D eigenvalue weighted by molar-refractivity contribution is 0.0786. The number of nitrogens with zero attached hydrogens (tertiary/aromatic N) is 2. The molecule has 0 saturated carbocycles. The molecule has 6 nitrogen and oxygen atoms in total. The number of rotatable bonds is 4. The van der Waals surface area contributed by atoms with Crippen molar-refractivity contribution < 1.29 is 13.5 Å². The van der Waals surface area contributed by atoms with Crippen molar-refractivity contribution in [2.75, 3.05) is 5.73 Å². The van der Waals surface area contributed by atoms with Gasteiger partial charge in [-0.2, -0.15) is 0 Å². The van der Waals surface area contributed by atoms with Gasteiger partial charge in [-0.15, -0.1) is 11.3 Å². The molecule has 0 aliphatic carbocycles. The largest absolute Gasteiger partial charge is 0.386 e. The summed E-state index contributed by atoms with van der Waals surface area (Å²) in [7, 11) is -3.73. The monoisotopic (exact) mass is 409 g/mol. The van der Waals surface area contributed by atoms with Crippen molar-refractivity contribution in [2.24, 2.45) is 0 Å². The number of aliphatic hydroxyl groups is 1. The Morgan fingerprint density at radius 3 is 2.46 bits per heavy atom. The number of pyridine rings is 1. The molecule has 136 valence electrons. The fraction of sp³-hybridized carbons (Fsp3) is 0.176. The van der Waals surface area contributed by atoms with Gasteiger partial charge >= 0.3 is 0 Å². The first kappa shape index (κ1) is 18.8. The molecular formula is C17H16ClN3O3S2. The van der Waals surface area contributed by atoms with E-state index in [0.717, 1.165) is 11.3 Å². The van der Waals surface area contributed by atoms with Crippen LogP contribution in [0.4, 0.5) is 5.82 Å². The predicted molar refractivity (Wildman–Crippen MR) is 102 cm³/mol. The molecule has 0 atom stereocenters. The minimum Gasteiger partial charge on any atom is -0.386 e. The molecule has 2 heterocycles. The molecule has 0 unspecified atom stereocenters. The van der Waals surface area contributed by atoms with Crippen LogP contribution in [0.5, 0.6) is 0 Å². The second kappa shape index (κ2) is 6.62. The van der Waals surface area contributed by atoms with Gasteiger partial charge in [-0.05, 0) is 37.6 Å². The van der Waals surface area contributed by atoms with Gasteiger partial charge in [0.2, 0.25) is 9.84 Å². The molecular weight excluding hydrogens is 394 g/mol. The summed E-state index contributed by atoms with van der Waals surface area (Å²) in [4.78, 5) is 8.06. The van der Waals surface area contributed by atoms with Gasteiger partial charge in [0.05, 0.1) is 21.7 Å². The highest BCUT2D eigenvalue weighted by Crippen LogP contribution is 2.36. The number of anilines is 1. The molecule has 3 N–H and O–H groups in total. The summed E-state index contributed by atoms with van der Waals surface area (Å²) in [5.41, 5.74) is 5.73. The Bertz CT molecular complexity index is 1060. The number of benzene rings is 1. The number of thiazole rings is 1. The maximum atomic E-state index is 12.7. The lowest BCUT2D eigenvalue weighted by Crippen LogP contribution is -2.15. The topological polar surface area (TPSA) is 106 Å². The summed E-state index contributed by atoms with van der Waals surface area (Å²) < 4.78 is 25.5. The number of aromatic nitrogens is 2. The lowest BCUT2D eigenvalue weighted by atomic mass is 9.97. The number of sulfone groups is 1. The fourth-order valence-corrected chi connectivity index (χ4v) is 5.09. The highest BCUT2D eigenvalue weighted by atomic mass is 35.5. The van der Waals surface area contributed by atoms with Gasteiger partial charge < -0.3 is 10.8 Å². The summed E-state index contributed by atoms with van der Waals surface area (Å²) in [6, 6.07) is 7.94. The van der Waals surface area contributed by atoms with E-state index >= 15 is 0 Å². The summed E-state index contributed by atoms with van der Waals surface area (Å²) >= 11 is 7.32. The van der Waals surface area contributed by atoms with Crippen LogP contribution in [-0.2, 0) is 15.4 Å². The van der Waals surface area contributed by atoms with Crippen LogP contribution in [0.15, 0.2) is 51.8 Å². The second-order valence-electron chi connectivity index (χ2n) is 6.16. The molecule has 9 heteroatoms. The van der Waals surface area contributed by atoms with Gasteiger partial charge in [0, 0.05) is 11.8 Å². The molecule has 1 aromatic carbocycles. The molecule has 26 heavy (non-hydrogen) atoms. The van der Waals surface area contributed by atoms with Crippen LogP contribution in [0.3, 0.4) is 0 Å². The van der Waals surface area contributed by atoms with Crippen molar-refractivity contribution in [1.29, 1.82) is 0 Å². The minimum atomic E-state index is -3.73. The molecule has 3 rings (SSSR count). The van der Waals surface area contributed by atoms with Gasteiger partial charge in [-0.25, -0.2) is 18.4 Å². The first-order valence-corrected chi connectivity index (χ1v) is 10.2. The van der Waals surface area contributed by atoms with E-state index in [2.05, 4.69) is 9.97 Å². The summed E-state index contributed by atoms with van der Waals surface area (Å²) in [5.74, 6) is 0.243. The van der Waals surface area contributed by atoms with Crippen LogP contribution in [-0.4, -0.2) is 23.5 Å². The van der Waals surface area contributed by atoms with E-state index in [4.69, 9.17) is 17.3 Å². The van der Waals surface area contributed by atoms with Gasteiger partial charge in [0.15, 0.2) is 0 Å². The second-order valence-corrected chi connectivity index (χ2v) is 9.77. The molecule has 3 aromatic rings. The zero-order valence-electron chi connectivity index (χ0n) is 14.0. The summed E-state index contributed by atoms with van der Waals surface area (Å²) in [5, 5.41) is 10.9. The predicted octanol–water partition coefficient (Wildman–Crippen LogP) is 3.50. The maximum absolute atomic E-state index is 12.7. The number of hydrogen-bond acceptors (Lipinski definition) is 7. The first-order valence-electron chi connectivity index (χ1n) is 7.54. The Morgan fingerprint density at radius 1 is 1.15 bits per heavy atom. The lowest BCUT2D eigenvalue weighted by Gasteiger charge is -2.18. The van der Waals surface area contributed by atoms with E-state index in [1.165, 1.54) is 24.5 Å². The molecule has 0 radical (unpaired) electrons. The Morgan fingerprint density at radius 2 is 1.88 bits per heavy atom. The number of halogens is 1. The quantitative estimate of drug-likeness (QED) is 0.683. The molecule has 0 aliphatic heterocycles. The van der Waals surface area contributed by atoms with Crippen molar-refractivity contribution in [2.45, 2.75) is 28.6 Å². The molecule has 0 bridgehead atoms. The van der Waals surface area contributed by atoms with Crippen molar-refractivity contribution >= 4 is 38.6 Å². The fourth-order valence-electron chi connectivity index (χ4n) is 2.24. The summed E-state index contributed by atoms with van der Waals surface area (Å²) in [6.45, 7) is 3.32. The molecule has 0 saturated heterocycles. The normalized spacial score (nSPS) is 12.3. The van der Waals surface area contributed by atoms with E-state index in [-0.39, 0.29) is 14.9 Å². The van der Waals surface area contributed by atoms with E-state index in [0.29, 0.717) is 21.2 Å². The van der Waals surface area contributed by atoms with Crippen molar-refractivity contribution in [3.8, 4) is 10.6 Å². The third-order valence-electron chi connectivity index (χ3n) is 3.72. The summed E-state index contributed by atoms with van der Waals surface area (Å²) in [6.07, 6.45) is 2.51. The standard InChI is InChI=1S/C17H16ClN3O3S2/c1-17(2,22)10-3-5-12(13(18)7-10)16-21-9-15(25-16)26(23,24)11-4-6-14(19)20-8-11/h3-9,22H,1-2H3,(H2,19,20). The average molecular weight is 410 g/mol. The van der Waals surface area contributed by atoms with E-state index in [9.17, 15) is 13.5 Å². The Kier molecular flexibility index (Phi) is 4.78. The van der Waals surface area contributed by atoms with Crippen molar-refractivity contribution in [3.05, 3.63) is 53.3 Å². The average Bonchev–Trinajstić information content (AvgIpc) is 3.05. The van der Waals surface area contributed by atoms with Crippen LogP contribution in [0.1, 0.15) is 19.4 Å². The van der Waals surface area contributed by atoms with E-state index in [1.54, 1.807) is 32.0 Å². The van der Waals surface area contributed by atoms with Crippen molar-refractivity contribution in [1.82, 2.24) is 9.97 Å². The number of hydrogen-bond donors (Lipinski definition) is 2. The van der Waals surface area contributed by atoms with Crippen LogP contribution in [0.2, 0.25) is 5.02 Å². The van der Waals surface area contributed by atoms with E-state index < -0.39 is 15.4 Å². The van der Waals surface area contributed by atoms with Gasteiger partial charge in [0.1, 0.15) is 15.0 Å². The Labute approximate surface area is 160 Å². The van der Waals surface area contributed by atoms with Crippen molar-refractivity contribution in [3.63, 3.8) is 0 Å².